The molecule has 0 amide bonds. The molecule has 1 aromatic heterocycles. The Morgan fingerprint density at radius 1 is 1.26 bits per heavy atom. The Morgan fingerprint density at radius 2 is 2.05 bits per heavy atom. The second-order valence-electron chi connectivity index (χ2n) is 4.73. The van der Waals surface area contributed by atoms with Crippen molar-refractivity contribution in [1.82, 2.24) is 15.5 Å². The van der Waals surface area contributed by atoms with E-state index in [1.165, 1.54) is 12.1 Å². The number of hydrogen-bond acceptors (Lipinski definition) is 4. The molecule has 3 rings (SSSR count). The van der Waals surface area contributed by atoms with Gasteiger partial charge in [-0.05, 0) is 37.6 Å². The zero-order valence-corrected chi connectivity index (χ0v) is 10.2. The lowest BCUT2D eigenvalue weighted by Crippen LogP contribution is -2.10. The number of nitrogens with one attached hydrogen (secondary N) is 1. The Bertz CT molecular complexity index is 559. The van der Waals surface area contributed by atoms with Crippen LogP contribution in [0.15, 0.2) is 22.7 Å². The number of aromatic nitrogens is 2. The van der Waals surface area contributed by atoms with Gasteiger partial charge in [-0.2, -0.15) is 4.98 Å². The molecule has 1 N–H and O–H groups in total. The van der Waals surface area contributed by atoms with Gasteiger partial charge in [-0.3, -0.25) is 0 Å². The van der Waals surface area contributed by atoms with E-state index in [-0.39, 0.29) is 11.4 Å². The van der Waals surface area contributed by atoms with Crippen LogP contribution in [0.2, 0.25) is 0 Å². The molecule has 0 radical (unpaired) electrons. The molecule has 1 fully saturated rings. The third-order valence-corrected chi connectivity index (χ3v) is 3.21. The molecule has 2 aromatic rings. The van der Waals surface area contributed by atoms with Crippen molar-refractivity contribution in [3.8, 4) is 11.4 Å². The van der Waals surface area contributed by atoms with Gasteiger partial charge in [0, 0.05) is 18.1 Å². The third kappa shape index (κ3) is 2.78. The van der Waals surface area contributed by atoms with Gasteiger partial charge in [0.15, 0.2) is 0 Å². The Hall–Kier alpha value is -1.82. The predicted octanol–water partition coefficient (Wildman–Crippen LogP) is 2.17. The standard InChI is InChI=1S/C13H13F2N3O/c14-10-4-9(5-11(15)6-10)13-17-12(19-18-13)3-8-1-2-16-7-8/h4-6,8,16H,1-3,7H2. The van der Waals surface area contributed by atoms with Crippen LogP contribution in [0.3, 0.4) is 0 Å². The van der Waals surface area contributed by atoms with Crippen LogP contribution < -0.4 is 5.32 Å². The maximum Gasteiger partial charge on any atom is 0.227 e. The minimum atomic E-state index is -0.652. The van der Waals surface area contributed by atoms with Crippen molar-refractivity contribution in [1.29, 1.82) is 0 Å². The molecular weight excluding hydrogens is 252 g/mol. The highest BCUT2D eigenvalue weighted by Crippen LogP contribution is 2.20. The van der Waals surface area contributed by atoms with Crippen LogP contribution in [0.5, 0.6) is 0 Å². The van der Waals surface area contributed by atoms with Crippen molar-refractivity contribution in [2.75, 3.05) is 13.1 Å². The summed E-state index contributed by atoms with van der Waals surface area (Å²) >= 11 is 0. The van der Waals surface area contributed by atoms with Crippen LogP contribution in [0, 0.1) is 17.6 Å². The van der Waals surface area contributed by atoms with E-state index in [0.717, 1.165) is 25.6 Å². The van der Waals surface area contributed by atoms with Gasteiger partial charge in [-0.25, -0.2) is 8.78 Å². The molecule has 1 aliphatic heterocycles. The highest BCUT2D eigenvalue weighted by Gasteiger charge is 2.19. The lowest BCUT2D eigenvalue weighted by Gasteiger charge is -2.01. The topological polar surface area (TPSA) is 51.0 Å². The molecule has 1 aliphatic rings. The Balaban J connectivity index is 1.79. The number of benzene rings is 1. The molecular formula is C13H13F2N3O. The first-order valence-corrected chi connectivity index (χ1v) is 6.20. The van der Waals surface area contributed by atoms with Crippen LogP contribution >= 0.6 is 0 Å². The van der Waals surface area contributed by atoms with Gasteiger partial charge in [0.25, 0.3) is 0 Å². The number of hydrogen-bond donors (Lipinski definition) is 1. The maximum atomic E-state index is 13.1. The van der Waals surface area contributed by atoms with E-state index in [0.29, 0.717) is 18.2 Å². The lowest BCUT2D eigenvalue weighted by molar-refractivity contribution is 0.358. The van der Waals surface area contributed by atoms with E-state index < -0.39 is 11.6 Å². The van der Waals surface area contributed by atoms with Gasteiger partial charge in [0.2, 0.25) is 11.7 Å². The van der Waals surface area contributed by atoms with Gasteiger partial charge in [-0.1, -0.05) is 5.16 Å². The highest BCUT2D eigenvalue weighted by molar-refractivity contribution is 5.54. The summed E-state index contributed by atoms with van der Waals surface area (Å²) in [6, 6.07) is 3.19. The van der Waals surface area contributed by atoms with Crippen molar-refractivity contribution in [2.24, 2.45) is 5.92 Å². The molecule has 0 spiro atoms. The van der Waals surface area contributed by atoms with Gasteiger partial charge < -0.3 is 9.84 Å². The van der Waals surface area contributed by atoms with Crippen molar-refractivity contribution in [2.45, 2.75) is 12.8 Å². The maximum absolute atomic E-state index is 13.1. The molecule has 1 saturated heterocycles. The summed E-state index contributed by atoms with van der Waals surface area (Å²) in [7, 11) is 0. The second kappa shape index (κ2) is 5.05. The summed E-state index contributed by atoms with van der Waals surface area (Å²) < 4.78 is 31.4. The molecule has 0 aliphatic carbocycles. The zero-order valence-electron chi connectivity index (χ0n) is 10.2. The minimum absolute atomic E-state index is 0.222. The largest absolute Gasteiger partial charge is 0.339 e. The monoisotopic (exact) mass is 265 g/mol. The average molecular weight is 265 g/mol. The first-order chi connectivity index (χ1) is 9.20. The van der Waals surface area contributed by atoms with E-state index in [4.69, 9.17) is 4.52 Å². The molecule has 1 aromatic carbocycles. The van der Waals surface area contributed by atoms with E-state index in [9.17, 15) is 8.78 Å². The van der Waals surface area contributed by atoms with E-state index in [1.54, 1.807) is 0 Å². The van der Waals surface area contributed by atoms with Crippen molar-refractivity contribution in [3.63, 3.8) is 0 Å². The Kier molecular flexibility index (Phi) is 3.25. The van der Waals surface area contributed by atoms with E-state index in [2.05, 4.69) is 15.5 Å². The van der Waals surface area contributed by atoms with Crippen LogP contribution in [0.25, 0.3) is 11.4 Å². The predicted molar refractivity (Wildman–Crippen MR) is 64.3 cm³/mol. The first kappa shape index (κ1) is 12.2. The van der Waals surface area contributed by atoms with Gasteiger partial charge in [-0.15, -0.1) is 0 Å². The summed E-state index contributed by atoms with van der Waals surface area (Å²) in [5.74, 6) is -0.0899. The number of nitrogens with zero attached hydrogens (tertiary/aromatic N) is 2. The molecule has 1 atom stereocenters. The van der Waals surface area contributed by atoms with Crippen molar-refractivity contribution >= 4 is 0 Å². The number of rotatable bonds is 3. The van der Waals surface area contributed by atoms with Gasteiger partial charge in [0.1, 0.15) is 11.6 Å². The van der Waals surface area contributed by atoms with Crippen LogP contribution in [0.4, 0.5) is 8.78 Å². The smallest absolute Gasteiger partial charge is 0.227 e. The van der Waals surface area contributed by atoms with Crippen molar-refractivity contribution < 1.29 is 13.3 Å². The fourth-order valence-corrected chi connectivity index (χ4v) is 2.27. The summed E-state index contributed by atoms with van der Waals surface area (Å²) in [6.45, 7) is 1.94. The lowest BCUT2D eigenvalue weighted by atomic mass is 10.1. The van der Waals surface area contributed by atoms with E-state index >= 15 is 0 Å². The fraction of sp³-hybridized carbons (Fsp3) is 0.385. The summed E-state index contributed by atoms with van der Waals surface area (Å²) in [6.07, 6.45) is 1.77. The van der Waals surface area contributed by atoms with Crippen molar-refractivity contribution in [3.05, 3.63) is 35.7 Å². The molecule has 0 saturated carbocycles. The fourth-order valence-electron chi connectivity index (χ4n) is 2.27. The average Bonchev–Trinajstić information content (AvgIpc) is 2.99. The van der Waals surface area contributed by atoms with Gasteiger partial charge in [0.05, 0.1) is 0 Å². The third-order valence-electron chi connectivity index (χ3n) is 3.21. The van der Waals surface area contributed by atoms with Crippen LogP contribution in [0.1, 0.15) is 12.3 Å². The molecule has 19 heavy (non-hydrogen) atoms. The molecule has 4 nitrogen and oxygen atoms in total. The molecule has 2 heterocycles. The Morgan fingerprint density at radius 3 is 2.74 bits per heavy atom. The summed E-state index contributed by atoms with van der Waals surface area (Å²) in [5, 5.41) is 7.03. The number of halogens is 2. The second-order valence-corrected chi connectivity index (χ2v) is 4.73. The highest BCUT2D eigenvalue weighted by atomic mass is 19.1. The van der Waals surface area contributed by atoms with Crippen LogP contribution in [-0.4, -0.2) is 23.2 Å². The van der Waals surface area contributed by atoms with E-state index in [1.807, 2.05) is 0 Å². The van der Waals surface area contributed by atoms with Gasteiger partial charge >= 0.3 is 0 Å². The normalized spacial score (nSPS) is 18.9. The molecule has 0 bridgehead atoms. The van der Waals surface area contributed by atoms with Crippen LogP contribution in [-0.2, 0) is 6.42 Å². The molecule has 1 unspecified atom stereocenters. The summed E-state index contributed by atoms with van der Waals surface area (Å²) in [5.41, 5.74) is 0.289. The first-order valence-electron chi connectivity index (χ1n) is 6.20. The summed E-state index contributed by atoms with van der Waals surface area (Å²) in [4.78, 5) is 4.19. The molecule has 100 valence electrons. The quantitative estimate of drug-likeness (QED) is 0.924. The zero-order chi connectivity index (χ0) is 13.2. The Labute approximate surface area is 108 Å². The SMILES string of the molecule is Fc1cc(F)cc(-c2noc(CC3CCNC3)n2)c1. The molecule has 6 heteroatoms. The minimum Gasteiger partial charge on any atom is -0.339 e.